The van der Waals surface area contributed by atoms with Crippen LogP contribution < -0.4 is 0 Å². The smallest absolute Gasteiger partial charge is 0.194 e. The molecule has 0 fully saturated rings. The number of ketones is 2. The maximum atomic E-state index is 13.6. The van der Waals surface area contributed by atoms with Crippen LogP contribution in [0.15, 0.2) is 83.0 Å². The SMILES string of the molecule is CC1(C)c2cc(/C=C3\C(=O)c4ccccc4C3=C(C#N)C#N)sc2-c2sc3c(c21)C(C)(C)c1cc(/C=C2\C(=O)c4ccccc4C2=C(C#N)C#N)sc1-3. The third-order valence-electron chi connectivity index (χ3n) is 10.9. The van der Waals surface area contributed by atoms with Crippen LogP contribution in [-0.2, 0) is 10.8 Å². The van der Waals surface area contributed by atoms with Gasteiger partial charge in [0, 0.05) is 73.5 Å². The molecule has 2 aromatic carbocycles. The Hall–Kier alpha value is -6.20. The molecular weight excluding hydrogens is 713 g/mol. The largest absolute Gasteiger partial charge is 0.289 e. The van der Waals surface area contributed by atoms with Crippen LogP contribution in [0, 0.1) is 45.3 Å². The molecule has 0 bridgehead atoms. The maximum Gasteiger partial charge on any atom is 0.194 e. The average molecular weight is 737 g/mol. The van der Waals surface area contributed by atoms with Crippen molar-refractivity contribution in [3.8, 4) is 43.8 Å². The van der Waals surface area contributed by atoms with Crippen molar-refractivity contribution in [2.45, 2.75) is 38.5 Å². The summed E-state index contributed by atoms with van der Waals surface area (Å²) >= 11 is 5.02. The summed E-state index contributed by atoms with van der Waals surface area (Å²) in [5.74, 6) is -0.385. The molecule has 0 atom stereocenters. The molecule has 3 aromatic heterocycles. The van der Waals surface area contributed by atoms with Gasteiger partial charge in [0.1, 0.15) is 35.4 Å². The number of Topliss-reactive ketones (excluding diaryl/α,β-unsaturated/α-hetero) is 2. The minimum Gasteiger partial charge on any atom is -0.289 e. The zero-order chi connectivity index (χ0) is 37.1. The summed E-state index contributed by atoms with van der Waals surface area (Å²) in [4.78, 5) is 33.8. The van der Waals surface area contributed by atoms with Crippen LogP contribution in [0.3, 0.4) is 0 Å². The van der Waals surface area contributed by atoms with Gasteiger partial charge in [-0.15, -0.1) is 34.0 Å². The first-order valence-electron chi connectivity index (χ1n) is 16.7. The molecule has 9 heteroatoms. The molecule has 0 aliphatic heterocycles. The second-order valence-electron chi connectivity index (χ2n) is 14.4. The Kier molecular flexibility index (Phi) is 6.88. The Bertz CT molecular complexity index is 2690. The van der Waals surface area contributed by atoms with Crippen molar-refractivity contribution in [2.75, 3.05) is 0 Å². The average Bonchev–Trinajstić information content (AvgIpc) is 4.00. The van der Waals surface area contributed by atoms with Gasteiger partial charge in [-0.25, -0.2) is 0 Å². The number of fused-ring (bicyclic) bond motifs is 9. The van der Waals surface area contributed by atoms with Gasteiger partial charge in [-0.3, -0.25) is 9.59 Å². The van der Waals surface area contributed by atoms with E-state index in [-0.39, 0.29) is 33.5 Å². The molecule has 4 aliphatic rings. The van der Waals surface area contributed by atoms with E-state index in [1.54, 1.807) is 70.4 Å². The van der Waals surface area contributed by atoms with Gasteiger partial charge < -0.3 is 0 Å². The highest BCUT2D eigenvalue weighted by Gasteiger charge is 2.50. The number of carbonyl (C=O) groups is 2. The van der Waals surface area contributed by atoms with E-state index < -0.39 is 0 Å². The number of rotatable bonds is 2. The van der Waals surface area contributed by atoms with E-state index in [2.05, 4.69) is 39.8 Å². The lowest BCUT2D eigenvalue weighted by atomic mass is 9.74. The molecule has 4 aliphatic carbocycles. The Morgan fingerprint density at radius 1 is 0.547 bits per heavy atom. The van der Waals surface area contributed by atoms with Crippen LogP contribution in [0.25, 0.3) is 42.8 Å². The third-order valence-corrected chi connectivity index (χ3v) is 14.5. The predicted octanol–water partition coefficient (Wildman–Crippen LogP) is 10.6. The lowest BCUT2D eigenvalue weighted by Gasteiger charge is -2.28. The predicted molar refractivity (Wildman–Crippen MR) is 209 cm³/mol. The van der Waals surface area contributed by atoms with Gasteiger partial charge >= 0.3 is 0 Å². The van der Waals surface area contributed by atoms with Crippen molar-refractivity contribution in [3.05, 3.63) is 137 Å². The van der Waals surface area contributed by atoms with Gasteiger partial charge in [0.05, 0.1) is 0 Å². The molecular formula is C44H24N4O2S3. The molecule has 5 aromatic rings. The van der Waals surface area contributed by atoms with Gasteiger partial charge in [0.15, 0.2) is 11.6 Å². The van der Waals surface area contributed by atoms with Crippen LogP contribution in [0.5, 0.6) is 0 Å². The van der Waals surface area contributed by atoms with E-state index in [1.807, 2.05) is 48.6 Å². The third kappa shape index (κ3) is 4.25. The summed E-state index contributed by atoms with van der Waals surface area (Å²) in [5.41, 5.74) is 7.90. The monoisotopic (exact) mass is 736 g/mol. The molecule has 9 rings (SSSR count). The standard InChI is InChI=1S/C44H24N4O2S3/c1-43(2)31-15-23(13-29-33(21(17-45)18-46)25-9-5-7-11-27(25)37(29)49)51-39(31)41-35(43)36-42(53-41)40-32(44(36,3)4)16-24(52-40)14-30-34(22(19-47)20-48)26-10-6-8-12-28(26)38(30)50/h5-16H,1-4H3/b29-13-,30-14-. The van der Waals surface area contributed by atoms with Crippen LogP contribution in [0.1, 0.15) is 91.5 Å². The quantitative estimate of drug-likeness (QED) is 0.131. The fraction of sp³-hybridized carbons (Fsp3) is 0.136. The van der Waals surface area contributed by atoms with Crippen molar-refractivity contribution in [3.63, 3.8) is 0 Å². The van der Waals surface area contributed by atoms with Gasteiger partial charge in [-0.05, 0) is 57.7 Å². The normalized spacial score (nSPS) is 17.7. The van der Waals surface area contributed by atoms with E-state index in [1.165, 1.54) is 32.0 Å². The number of nitriles is 4. The molecule has 0 radical (unpaired) electrons. The summed E-state index contributed by atoms with van der Waals surface area (Å²) in [5, 5.41) is 39.2. The molecule has 0 saturated carbocycles. The van der Waals surface area contributed by atoms with Gasteiger partial charge in [0.2, 0.25) is 0 Å². The van der Waals surface area contributed by atoms with Crippen LogP contribution in [0.4, 0.5) is 0 Å². The summed E-state index contributed by atoms with van der Waals surface area (Å²) in [6, 6.07) is 26.5. The number of carbonyl (C=O) groups excluding carboxylic acids is 2. The zero-order valence-corrected chi connectivity index (χ0v) is 31.2. The van der Waals surface area contributed by atoms with Crippen LogP contribution in [0.2, 0.25) is 0 Å². The molecule has 53 heavy (non-hydrogen) atoms. The van der Waals surface area contributed by atoms with Crippen molar-refractivity contribution < 1.29 is 9.59 Å². The fourth-order valence-electron chi connectivity index (χ4n) is 8.42. The maximum absolute atomic E-state index is 13.6. The molecule has 250 valence electrons. The van der Waals surface area contributed by atoms with Crippen molar-refractivity contribution in [2.24, 2.45) is 0 Å². The van der Waals surface area contributed by atoms with Gasteiger partial charge in [0.25, 0.3) is 0 Å². The number of thiophene rings is 3. The number of nitrogens with zero attached hydrogens (tertiary/aromatic N) is 4. The highest BCUT2D eigenvalue weighted by molar-refractivity contribution is 7.27. The number of hydrogen-bond acceptors (Lipinski definition) is 9. The van der Waals surface area contributed by atoms with E-state index in [0.29, 0.717) is 44.5 Å². The van der Waals surface area contributed by atoms with Crippen molar-refractivity contribution in [1.29, 1.82) is 21.0 Å². The minimum absolute atomic E-state index is 0.0791. The first kappa shape index (κ1) is 32.7. The van der Waals surface area contributed by atoms with Crippen molar-refractivity contribution in [1.82, 2.24) is 0 Å². The Balaban J connectivity index is 1.15. The Labute approximate surface area is 317 Å². The first-order chi connectivity index (χ1) is 25.5. The van der Waals surface area contributed by atoms with E-state index >= 15 is 0 Å². The molecule has 0 N–H and O–H groups in total. The first-order valence-corrected chi connectivity index (χ1v) is 19.2. The Morgan fingerprint density at radius 3 is 1.26 bits per heavy atom. The van der Waals surface area contributed by atoms with E-state index in [4.69, 9.17) is 0 Å². The molecule has 0 amide bonds. The summed E-state index contributed by atoms with van der Waals surface area (Å²) < 4.78 is 0. The molecule has 0 unspecified atom stereocenters. The molecule has 0 spiro atoms. The lowest BCUT2D eigenvalue weighted by Crippen LogP contribution is -2.23. The highest BCUT2D eigenvalue weighted by atomic mass is 32.1. The van der Waals surface area contributed by atoms with Crippen LogP contribution >= 0.6 is 34.0 Å². The van der Waals surface area contributed by atoms with Crippen molar-refractivity contribution >= 4 is 68.9 Å². The summed E-state index contributed by atoms with van der Waals surface area (Å²) in [6.45, 7) is 8.99. The molecule has 0 saturated heterocycles. The summed E-state index contributed by atoms with van der Waals surface area (Å²) in [7, 11) is 0. The number of benzene rings is 2. The Morgan fingerprint density at radius 2 is 0.906 bits per heavy atom. The minimum atomic E-state index is -0.323. The summed E-state index contributed by atoms with van der Waals surface area (Å²) in [6.07, 6.45) is 3.67. The lowest BCUT2D eigenvalue weighted by molar-refractivity contribution is 0.103. The zero-order valence-electron chi connectivity index (χ0n) is 28.8. The molecule has 3 heterocycles. The van der Waals surface area contributed by atoms with E-state index in [0.717, 1.165) is 19.5 Å². The van der Waals surface area contributed by atoms with E-state index in [9.17, 15) is 30.6 Å². The topological polar surface area (TPSA) is 129 Å². The van der Waals surface area contributed by atoms with Gasteiger partial charge in [-0.1, -0.05) is 76.2 Å². The van der Waals surface area contributed by atoms with Crippen LogP contribution in [-0.4, -0.2) is 11.6 Å². The second kappa shape index (κ2) is 11.1. The number of hydrogen-bond donors (Lipinski definition) is 0. The molecule has 6 nitrogen and oxygen atoms in total. The highest BCUT2D eigenvalue weighted by Crippen LogP contribution is 2.66. The number of allylic oxidation sites excluding steroid dienone is 6. The second-order valence-corrected chi connectivity index (χ2v) is 17.5. The fourth-order valence-corrected chi connectivity index (χ4v) is 12.9. The van der Waals surface area contributed by atoms with Gasteiger partial charge in [-0.2, -0.15) is 21.0 Å².